The van der Waals surface area contributed by atoms with Gasteiger partial charge in [0.2, 0.25) is 5.91 Å². The normalized spacial score (nSPS) is 17.4. The van der Waals surface area contributed by atoms with E-state index in [9.17, 15) is 4.79 Å². The zero-order chi connectivity index (χ0) is 15.1. The molecule has 1 atom stereocenters. The van der Waals surface area contributed by atoms with Crippen LogP contribution in [0.3, 0.4) is 0 Å². The van der Waals surface area contributed by atoms with Crippen molar-refractivity contribution in [3.8, 4) is 0 Å². The number of amides is 1. The van der Waals surface area contributed by atoms with Crippen LogP contribution in [0.15, 0.2) is 30.3 Å². The summed E-state index contributed by atoms with van der Waals surface area (Å²) < 4.78 is 0. The summed E-state index contributed by atoms with van der Waals surface area (Å²) in [6.07, 6.45) is 6.08. The van der Waals surface area contributed by atoms with Crippen molar-refractivity contribution in [1.82, 2.24) is 9.80 Å². The Morgan fingerprint density at radius 2 is 1.81 bits per heavy atom. The van der Waals surface area contributed by atoms with E-state index in [0.717, 1.165) is 24.9 Å². The summed E-state index contributed by atoms with van der Waals surface area (Å²) in [6, 6.07) is 10.2. The van der Waals surface area contributed by atoms with Crippen molar-refractivity contribution in [1.29, 1.82) is 0 Å². The second-order valence-electron chi connectivity index (χ2n) is 6.24. The third-order valence-electron chi connectivity index (χ3n) is 4.36. The van der Waals surface area contributed by atoms with Gasteiger partial charge in [0.25, 0.3) is 0 Å². The first-order valence-electron chi connectivity index (χ1n) is 8.17. The van der Waals surface area contributed by atoms with Crippen LogP contribution in [0.5, 0.6) is 0 Å². The number of benzene rings is 1. The molecule has 1 aromatic rings. The largest absolute Gasteiger partial charge is 0.348 e. The van der Waals surface area contributed by atoms with E-state index >= 15 is 0 Å². The maximum Gasteiger partial charge on any atom is 0.229 e. The van der Waals surface area contributed by atoms with Crippen LogP contribution < -0.4 is 0 Å². The maximum absolute atomic E-state index is 12.4. The van der Waals surface area contributed by atoms with E-state index in [-0.39, 0.29) is 11.8 Å². The van der Waals surface area contributed by atoms with Gasteiger partial charge < -0.3 is 9.80 Å². The van der Waals surface area contributed by atoms with Gasteiger partial charge in [0, 0.05) is 14.1 Å². The Kier molecular flexibility index (Phi) is 6.24. The number of nitrogens with zero attached hydrogens (tertiary/aromatic N) is 2. The first-order chi connectivity index (χ1) is 10.2. The Bertz CT molecular complexity index is 424. The van der Waals surface area contributed by atoms with Gasteiger partial charge >= 0.3 is 0 Å². The summed E-state index contributed by atoms with van der Waals surface area (Å²) in [5.41, 5.74) is 1.15. The van der Waals surface area contributed by atoms with Gasteiger partial charge in [0.15, 0.2) is 0 Å². The average Bonchev–Trinajstić information content (AvgIpc) is 2.53. The van der Waals surface area contributed by atoms with Gasteiger partial charge in [-0.25, -0.2) is 0 Å². The molecule has 1 aromatic carbocycles. The molecule has 116 valence electrons. The molecule has 0 bridgehead atoms. The summed E-state index contributed by atoms with van der Waals surface area (Å²) in [6.45, 7) is 3.60. The van der Waals surface area contributed by atoms with E-state index < -0.39 is 0 Å². The predicted octanol–water partition coefficient (Wildman–Crippen LogP) is 3.12. The number of likely N-dealkylation sites (N-methyl/N-ethyl adjacent to an activating group) is 1. The Balaban J connectivity index is 1.91. The molecule has 0 N–H and O–H groups in total. The third-order valence-corrected chi connectivity index (χ3v) is 4.36. The monoisotopic (exact) mass is 288 g/mol. The minimum atomic E-state index is 0.00555. The zero-order valence-corrected chi connectivity index (χ0v) is 13.4. The molecule has 1 saturated heterocycles. The van der Waals surface area contributed by atoms with Crippen LogP contribution in [-0.2, 0) is 4.79 Å². The van der Waals surface area contributed by atoms with Gasteiger partial charge in [-0.2, -0.15) is 0 Å². The van der Waals surface area contributed by atoms with E-state index in [1.807, 2.05) is 32.3 Å². The second-order valence-corrected chi connectivity index (χ2v) is 6.24. The van der Waals surface area contributed by atoms with Gasteiger partial charge in [-0.05, 0) is 50.9 Å². The number of carbonyl (C=O) groups excluding carboxylic acids is 1. The fourth-order valence-electron chi connectivity index (χ4n) is 3.13. The minimum Gasteiger partial charge on any atom is -0.348 e. The molecule has 1 heterocycles. The van der Waals surface area contributed by atoms with Gasteiger partial charge in [-0.3, -0.25) is 4.79 Å². The molecule has 21 heavy (non-hydrogen) atoms. The highest BCUT2D eigenvalue weighted by Gasteiger charge is 2.22. The van der Waals surface area contributed by atoms with Crippen molar-refractivity contribution in [2.45, 2.75) is 38.0 Å². The van der Waals surface area contributed by atoms with Gasteiger partial charge in [-0.1, -0.05) is 36.8 Å². The Hall–Kier alpha value is -1.35. The van der Waals surface area contributed by atoms with Crippen molar-refractivity contribution in [2.24, 2.45) is 0 Å². The van der Waals surface area contributed by atoms with Gasteiger partial charge in [0.05, 0.1) is 5.92 Å². The number of hydrogen-bond donors (Lipinski definition) is 0. The topological polar surface area (TPSA) is 23.6 Å². The molecule has 1 unspecified atom stereocenters. The summed E-state index contributed by atoms with van der Waals surface area (Å²) in [4.78, 5) is 16.7. The molecule has 0 saturated carbocycles. The van der Waals surface area contributed by atoms with Crippen molar-refractivity contribution < 1.29 is 4.79 Å². The lowest BCUT2D eigenvalue weighted by molar-refractivity contribution is -0.130. The molecular formula is C18H28N2O. The fraction of sp³-hybridized carbons (Fsp3) is 0.611. The first kappa shape index (κ1) is 16.0. The molecule has 0 aliphatic carbocycles. The molecule has 0 spiro atoms. The van der Waals surface area contributed by atoms with Crippen molar-refractivity contribution in [3.05, 3.63) is 35.9 Å². The summed E-state index contributed by atoms with van der Waals surface area (Å²) >= 11 is 0. The zero-order valence-electron chi connectivity index (χ0n) is 13.4. The Morgan fingerprint density at radius 1 is 1.14 bits per heavy atom. The maximum atomic E-state index is 12.4. The van der Waals surface area contributed by atoms with E-state index in [1.54, 1.807) is 4.90 Å². The molecule has 0 radical (unpaired) electrons. The number of likely N-dealkylation sites (tertiary alicyclic amines) is 1. The highest BCUT2D eigenvalue weighted by atomic mass is 16.2. The summed E-state index contributed by atoms with van der Waals surface area (Å²) in [5.74, 6) is 0.228. The molecule has 3 heteroatoms. The van der Waals surface area contributed by atoms with Crippen LogP contribution >= 0.6 is 0 Å². The van der Waals surface area contributed by atoms with E-state index in [1.165, 1.54) is 32.4 Å². The predicted molar refractivity (Wildman–Crippen MR) is 87.4 cm³/mol. The number of rotatable bonds is 6. The van der Waals surface area contributed by atoms with Crippen molar-refractivity contribution >= 4 is 5.91 Å². The molecule has 1 aliphatic rings. The van der Waals surface area contributed by atoms with Crippen LogP contribution in [0.25, 0.3) is 0 Å². The first-order valence-corrected chi connectivity index (χ1v) is 8.17. The SMILES string of the molecule is CN(C)C(=O)C(CCCN1CCCCC1)c1ccccc1. The Morgan fingerprint density at radius 3 is 2.43 bits per heavy atom. The Labute approximate surface area is 128 Å². The van der Waals surface area contributed by atoms with Gasteiger partial charge in [0.1, 0.15) is 0 Å². The van der Waals surface area contributed by atoms with Crippen LogP contribution in [-0.4, -0.2) is 49.4 Å². The molecule has 1 aliphatic heterocycles. The smallest absolute Gasteiger partial charge is 0.229 e. The second kappa shape index (κ2) is 8.18. The lowest BCUT2D eigenvalue weighted by Gasteiger charge is -2.27. The molecule has 0 aromatic heterocycles. The van der Waals surface area contributed by atoms with Crippen LogP contribution in [0, 0.1) is 0 Å². The average molecular weight is 288 g/mol. The number of carbonyl (C=O) groups is 1. The molecular weight excluding hydrogens is 260 g/mol. The minimum absolute atomic E-state index is 0.00555. The highest BCUT2D eigenvalue weighted by Crippen LogP contribution is 2.23. The van der Waals surface area contributed by atoms with E-state index in [4.69, 9.17) is 0 Å². The quantitative estimate of drug-likeness (QED) is 0.803. The van der Waals surface area contributed by atoms with Gasteiger partial charge in [-0.15, -0.1) is 0 Å². The van der Waals surface area contributed by atoms with Crippen LogP contribution in [0.1, 0.15) is 43.6 Å². The third kappa shape index (κ3) is 4.85. The highest BCUT2D eigenvalue weighted by molar-refractivity contribution is 5.83. The molecule has 2 rings (SSSR count). The summed E-state index contributed by atoms with van der Waals surface area (Å²) in [7, 11) is 3.70. The molecule has 1 amide bonds. The van der Waals surface area contributed by atoms with Crippen molar-refractivity contribution in [3.63, 3.8) is 0 Å². The molecule has 1 fully saturated rings. The van der Waals surface area contributed by atoms with Crippen molar-refractivity contribution in [2.75, 3.05) is 33.7 Å². The number of hydrogen-bond acceptors (Lipinski definition) is 2. The van der Waals surface area contributed by atoms with E-state index in [0.29, 0.717) is 0 Å². The van der Waals surface area contributed by atoms with E-state index in [2.05, 4.69) is 17.0 Å². The lowest BCUT2D eigenvalue weighted by atomic mass is 9.92. The van der Waals surface area contributed by atoms with Crippen LogP contribution in [0.4, 0.5) is 0 Å². The van der Waals surface area contributed by atoms with Crippen LogP contribution in [0.2, 0.25) is 0 Å². The standard InChI is InChI=1S/C18H28N2O/c1-19(2)18(21)17(16-10-5-3-6-11-16)12-9-15-20-13-7-4-8-14-20/h3,5-6,10-11,17H,4,7-9,12-15H2,1-2H3. The molecule has 3 nitrogen and oxygen atoms in total. The lowest BCUT2D eigenvalue weighted by Crippen LogP contribution is -2.32. The summed E-state index contributed by atoms with van der Waals surface area (Å²) in [5, 5.41) is 0. The fourth-order valence-corrected chi connectivity index (χ4v) is 3.13. The number of piperidine rings is 1.